The second kappa shape index (κ2) is 7.83. The van der Waals surface area contributed by atoms with Crippen molar-refractivity contribution >= 4 is 23.2 Å². The predicted molar refractivity (Wildman–Crippen MR) is 99.8 cm³/mol. The maximum absolute atomic E-state index is 12.5. The van der Waals surface area contributed by atoms with Crippen molar-refractivity contribution in [1.29, 1.82) is 0 Å². The van der Waals surface area contributed by atoms with Crippen molar-refractivity contribution < 1.29 is 14.3 Å². The number of benzene rings is 1. The van der Waals surface area contributed by atoms with Gasteiger partial charge in [-0.3, -0.25) is 4.79 Å². The van der Waals surface area contributed by atoms with Gasteiger partial charge in [-0.25, -0.2) is 4.79 Å². The molecule has 0 spiro atoms. The van der Waals surface area contributed by atoms with E-state index in [1.165, 1.54) is 16.9 Å². The Labute approximate surface area is 152 Å². The molecular formula is C20H23NO3S. The van der Waals surface area contributed by atoms with Gasteiger partial charge in [0.1, 0.15) is 4.88 Å². The van der Waals surface area contributed by atoms with Crippen LogP contribution in [0.4, 0.5) is 0 Å². The van der Waals surface area contributed by atoms with Crippen molar-refractivity contribution in [2.45, 2.75) is 51.7 Å². The summed E-state index contributed by atoms with van der Waals surface area (Å²) in [6, 6.07) is 10.1. The summed E-state index contributed by atoms with van der Waals surface area (Å²) in [5.74, 6) is -0.659. The Bertz CT molecular complexity index is 745. The zero-order valence-electron chi connectivity index (χ0n) is 14.6. The van der Waals surface area contributed by atoms with Gasteiger partial charge in [0.2, 0.25) is 0 Å². The molecule has 1 atom stereocenters. The fourth-order valence-corrected chi connectivity index (χ4v) is 3.88. The van der Waals surface area contributed by atoms with Crippen LogP contribution in [0, 0.1) is 6.92 Å². The van der Waals surface area contributed by atoms with E-state index in [2.05, 4.69) is 5.32 Å². The quantitative estimate of drug-likeness (QED) is 0.811. The SMILES string of the molecule is Cc1ccc(-c2ccsc2C(=O)O[C@H](C)C(=O)NC2CCCC2)cc1. The van der Waals surface area contributed by atoms with Crippen LogP contribution in [-0.4, -0.2) is 24.0 Å². The minimum atomic E-state index is -0.791. The molecule has 1 aromatic carbocycles. The molecule has 0 bridgehead atoms. The number of hydrogen-bond acceptors (Lipinski definition) is 4. The first-order valence-electron chi connectivity index (χ1n) is 8.70. The summed E-state index contributed by atoms with van der Waals surface area (Å²) < 4.78 is 5.41. The molecule has 1 amide bonds. The molecule has 132 valence electrons. The Morgan fingerprint density at radius 1 is 1.16 bits per heavy atom. The maximum Gasteiger partial charge on any atom is 0.349 e. The first-order chi connectivity index (χ1) is 12.0. The molecule has 0 aliphatic heterocycles. The zero-order chi connectivity index (χ0) is 17.8. The number of rotatable bonds is 5. The monoisotopic (exact) mass is 357 g/mol. The fourth-order valence-electron chi connectivity index (χ4n) is 3.08. The van der Waals surface area contributed by atoms with Crippen LogP contribution in [0.3, 0.4) is 0 Å². The third-order valence-electron chi connectivity index (χ3n) is 4.57. The molecule has 1 heterocycles. The van der Waals surface area contributed by atoms with Crippen LogP contribution >= 0.6 is 11.3 Å². The Balaban J connectivity index is 1.66. The molecule has 1 aliphatic carbocycles. The van der Waals surface area contributed by atoms with E-state index in [1.54, 1.807) is 6.92 Å². The molecular weight excluding hydrogens is 334 g/mol. The van der Waals surface area contributed by atoms with E-state index in [0.29, 0.717) is 4.88 Å². The predicted octanol–water partition coefficient (Wildman–Crippen LogP) is 4.33. The summed E-state index contributed by atoms with van der Waals surface area (Å²) in [5.41, 5.74) is 2.99. The molecule has 0 radical (unpaired) electrons. The number of ether oxygens (including phenoxy) is 1. The second-order valence-corrected chi connectivity index (χ2v) is 7.48. The van der Waals surface area contributed by atoms with E-state index in [9.17, 15) is 9.59 Å². The third-order valence-corrected chi connectivity index (χ3v) is 5.46. The van der Waals surface area contributed by atoms with Crippen molar-refractivity contribution in [1.82, 2.24) is 5.32 Å². The minimum Gasteiger partial charge on any atom is -0.448 e. The number of amides is 1. The fraction of sp³-hybridized carbons (Fsp3) is 0.400. The van der Waals surface area contributed by atoms with Crippen LogP contribution in [0.5, 0.6) is 0 Å². The average Bonchev–Trinajstić information content (AvgIpc) is 3.26. The molecule has 1 N–H and O–H groups in total. The third kappa shape index (κ3) is 4.28. The molecule has 1 saturated carbocycles. The van der Waals surface area contributed by atoms with Crippen LogP contribution in [0.1, 0.15) is 47.8 Å². The van der Waals surface area contributed by atoms with Gasteiger partial charge < -0.3 is 10.1 Å². The molecule has 4 nitrogen and oxygen atoms in total. The summed E-state index contributed by atoms with van der Waals surface area (Å²) in [5, 5.41) is 4.84. The first kappa shape index (κ1) is 17.7. The number of carbonyl (C=O) groups excluding carboxylic acids is 2. The Kier molecular flexibility index (Phi) is 5.53. The number of carbonyl (C=O) groups is 2. The van der Waals surface area contributed by atoms with Gasteiger partial charge in [0, 0.05) is 11.6 Å². The molecule has 1 aliphatic rings. The molecule has 1 fully saturated rings. The summed E-state index contributed by atoms with van der Waals surface area (Å²) in [6.45, 7) is 3.65. The second-order valence-electron chi connectivity index (χ2n) is 6.57. The highest BCUT2D eigenvalue weighted by atomic mass is 32.1. The van der Waals surface area contributed by atoms with Crippen molar-refractivity contribution in [3.05, 3.63) is 46.2 Å². The van der Waals surface area contributed by atoms with Gasteiger partial charge >= 0.3 is 5.97 Å². The van der Waals surface area contributed by atoms with Crippen LogP contribution < -0.4 is 5.32 Å². The lowest BCUT2D eigenvalue weighted by Gasteiger charge is -2.17. The van der Waals surface area contributed by atoms with Gasteiger partial charge in [0.25, 0.3) is 5.91 Å². The highest BCUT2D eigenvalue weighted by molar-refractivity contribution is 7.12. The molecule has 1 aromatic heterocycles. The van der Waals surface area contributed by atoms with Crippen LogP contribution in [0.15, 0.2) is 35.7 Å². The van der Waals surface area contributed by atoms with Gasteiger partial charge in [-0.05, 0) is 43.7 Å². The zero-order valence-corrected chi connectivity index (χ0v) is 15.4. The van der Waals surface area contributed by atoms with Crippen LogP contribution in [0.2, 0.25) is 0 Å². The molecule has 0 saturated heterocycles. The summed E-state index contributed by atoms with van der Waals surface area (Å²) in [6.07, 6.45) is 3.52. The number of hydrogen-bond donors (Lipinski definition) is 1. The maximum atomic E-state index is 12.5. The number of esters is 1. The lowest BCUT2D eigenvalue weighted by atomic mass is 10.1. The smallest absolute Gasteiger partial charge is 0.349 e. The molecule has 0 unspecified atom stereocenters. The van der Waals surface area contributed by atoms with Gasteiger partial charge in [-0.1, -0.05) is 42.7 Å². The largest absolute Gasteiger partial charge is 0.448 e. The summed E-state index contributed by atoms with van der Waals surface area (Å²) >= 11 is 1.34. The lowest BCUT2D eigenvalue weighted by Crippen LogP contribution is -2.40. The van der Waals surface area contributed by atoms with Gasteiger partial charge in [0.15, 0.2) is 6.10 Å². The molecule has 3 rings (SSSR count). The Hall–Kier alpha value is -2.14. The summed E-state index contributed by atoms with van der Waals surface area (Å²) in [7, 11) is 0. The van der Waals surface area contributed by atoms with E-state index < -0.39 is 12.1 Å². The number of thiophene rings is 1. The molecule has 5 heteroatoms. The Morgan fingerprint density at radius 3 is 2.52 bits per heavy atom. The summed E-state index contributed by atoms with van der Waals surface area (Å²) in [4.78, 5) is 25.3. The van der Waals surface area contributed by atoms with Crippen LogP contribution in [0.25, 0.3) is 11.1 Å². The van der Waals surface area contributed by atoms with Crippen molar-refractivity contribution in [2.24, 2.45) is 0 Å². The highest BCUT2D eigenvalue weighted by Crippen LogP contribution is 2.29. The van der Waals surface area contributed by atoms with E-state index in [-0.39, 0.29) is 11.9 Å². The average molecular weight is 357 g/mol. The van der Waals surface area contributed by atoms with E-state index in [0.717, 1.165) is 36.8 Å². The first-order valence-corrected chi connectivity index (χ1v) is 9.58. The highest BCUT2D eigenvalue weighted by Gasteiger charge is 2.25. The van der Waals surface area contributed by atoms with Crippen molar-refractivity contribution in [3.63, 3.8) is 0 Å². The normalized spacial score (nSPS) is 15.8. The number of aryl methyl sites for hydroxylation is 1. The minimum absolute atomic E-state index is 0.214. The van der Waals surface area contributed by atoms with Gasteiger partial charge in [-0.15, -0.1) is 11.3 Å². The lowest BCUT2D eigenvalue weighted by molar-refractivity contribution is -0.129. The molecule has 25 heavy (non-hydrogen) atoms. The van der Waals surface area contributed by atoms with E-state index in [4.69, 9.17) is 4.74 Å². The number of nitrogens with one attached hydrogen (secondary N) is 1. The molecule has 2 aromatic rings. The van der Waals surface area contributed by atoms with Crippen molar-refractivity contribution in [2.75, 3.05) is 0 Å². The van der Waals surface area contributed by atoms with Gasteiger partial charge in [0.05, 0.1) is 0 Å². The van der Waals surface area contributed by atoms with Gasteiger partial charge in [-0.2, -0.15) is 0 Å². The standard InChI is InChI=1S/C20H23NO3S/c1-13-7-9-15(10-8-13)17-11-12-25-18(17)20(23)24-14(2)19(22)21-16-5-3-4-6-16/h7-12,14,16H,3-6H2,1-2H3,(H,21,22)/t14-/m1/s1. The van der Waals surface area contributed by atoms with E-state index in [1.807, 2.05) is 42.6 Å². The van der Waals surface area contributed by atoms with Crippen LogP contribution in [-0.2, 0) is 9.53 Å². The van der Waals surface area contributed by atoms with E-state index >= 15 is 0 Å². The topological polar surface area (TPSA) is 55.4 Å². The van der Waals surface area contributed by atoms with Crippen molar-refractivity contribution in [3.8, 4) is 11.1 Å². The Morgan fingerprint density at radius 2 is 1.84 bits per heavy atom.